The normalized spacial score (nSPS) is 11.7. The van der Waals surface area contributed by atoms with Gasteiger partial charge < -0.3 is 13.7 Å². The number of furan rings is 1. The number of rotatable bonds is 4. The third-order valence-corrected chi connectivity index (χ3v) is 4.64. The number of nitrogens with zero attached hydrogens (tertiary/aromatic N) is 3. The highest BCUT2D eigenvalue weighted by Crippen LogP contribution is 2.20. The minimum absolute atomic E-state index is 0.216. The maximum absolute atomic E-state index is 12.3. The fourth-order valence-corrected chi connectivity index (χ4v) is 3.52. The molecule has 0 aliphatic heterocycles. The molecule has 3 aromatic rings. The van der Waals surface area contributed by atoms with Crippen LogP contribution in [0.4, 0.5) is 5.88 Å². The Kier molecular flexibility index (Phi) is 4.67. The van der Waals surface area contributed by atoms with E-state index in [-0.39, 0.29) is 5.76 Å². The van der Waals surface area contributed by atoms with Gasteiger partial charge in [-0.2, -0.15) is 4.99 Å². The monoisotopic (exact) mass is 375 g/mol. The number of aryl methyl sites for hydroxylation is 1. The molecule has 1 aromatic carbocycles. The van der Waals surface area contributed by atoms with E-state index in [4.69, 9.17) is 9.15 Å². The van der Waals surface area contributed by atoms with Crippen LogP contribution in [0.2, 0.25) is 0 Å². The number of fused-ring (bicyclic) bond motifs is 1. The molecule has 0 fully saturated rings. The maximum atomic E-state index is 12.3. The molecule has 2 heterocycles. The molecule has 2 aromatic heterocycles. The highest BCUT2D eigenvalue weighted by molar-refractivity contribution is 7.16. The molecular weight excluding hydrogens is 362 g/mol. The Hall–Kier alpha value is -3.27. The molecule has 10 heteroatoms. The van der Waals surface area contributed by atoms with Crippen LogP contribution in [0.1, 0.15) is 27.8 Å². The van der Waals surface area contributed by atoms with E-state index in [0.717, 1.165) is 16.3 Å². The zero-order valence-corrected chi connectivity index (χ0v) is 14.6. The molecule has 134 valence electrons. The van der Waals surface area contributed by atoms with Gasteiger partial charge in [-0.3, -0.25) is 14.9 Å². The number of aromatic nitrogens is 1. The van der Waals surface area contributed by atoms with E-state index >= 15 is 0 Å². The SMILES string of the molecule is CCn1c(=NC(=O)c2ccc([N+](=O)[O-])o2)sc2cc(C(=O)OC)ccc21. The standard InChI is InChI=1S/C16H13N3O6S/c1-3-18-10-5-4-9(15(21)24-2)8-12(10)26-16(18)17-14(20)11-6-7-13(25-11)19(22)23/h4-8H,3H2,1-2H3. The number of hydrogen-bond acceptors (Lipinski definition) is 7. The first-order chi connectivity index (χ1) is 12.4. The van der Waals surface area contributed by atoms with Gasteiger partial charge in [-0.05, 0) is 31.2 Å². The summed E-state index contributed by atoms with van der Waals surface area (Å²) in [7, 11) is 1.30. The van der Waals surface area contributed by atoms with Crippen molar-refractivity contribution in [1.82, 2.24) is 4.57 Å². The van der Waals surface area contributed by atoms with E-state index in [0.29, 0.717) is 16.9 Å². The molecule has 0 saturated carbocycles. The van der Waals surface area contributed by atoms with E-state index < -0.39 is 22.7 Å². The number of carbonyl (C=O) groups is 2. The Balaban J connectivity index is 2.07. The number of nitro groups is 1. The number of ether oxygens (including phenoxy) is 1. The first kappa shape index (κ1) is 17.5. The van der Waals surface area contributed by atoms with Gasteiger partial charge >= 0.3 is 17.8 Å². The highest BCUT2D eigenvalue weighted by atomic mass is 32.1. The molecule has 0 radical (unpaired) electrons. The summed E-state index contributed by atoms with van der Waals surface area (Å²) in [5.41, 5.74) is 1.20. The fraction of sp³-hybridized carbons (Fsp3) is 0.188. The molecule has 3 rings (SSSR count). The summed E-state index contributed by atoms with van der Waals surface area (Å²) in [6.07, 6.45) is 0. The van der Waals surface area contributed by atoms with Crippen molar-refractivity contribution in [3.05, 3.63) is 56.6 Å². The van der Waals surface area contributed by atoms with Gasteiger partial charge in [0.05, 0.1) is 29.0 Å². The lowest BCUT2D eigenvalue weighted by Crippen LogP contribution is -2.15. The van der Waals surface area contributed by atoms with Crippen molar-refractivity contribution in [2.45, 2.75) is 13.5 Å². The van der Waals surface area contributed by atoms with Gasteiger partial charge in [0.25, 0.3) is 0 Å². The summed E-state index contributed by atoms with van der Waals surface area (Å²) in [5, 5.41) is 10.7. The van der Waals surface area contributed by atoms with E-state index in [1.807, 2.05) is 6.92 Å². The van der Waals surface area contributed by atoms with Gasteiger partial charge in [0.1, 0.15) is 4.92 Å². The van der Waals surface area contributed by atoms with Crippen LogP contribution in [0, 0.1) is 10.1 Å². The van der Waals surface area contributed by atoms with Crippen molar-refractivity contribution in [3.63, 3.8) is 0 Å². The molecule has 0 N–H and O–H groups in total. The van der Waals surface area contributed by atoms with Gasteiger partial charge in [0.15, 0.2) is 4.80 Å². The van der Waals surface area contributed by atoms with E-state index in [1.165, 1.54) is 24.5 Å². The molecule has 0 saturated heterocycles. The van der Waals surface area contributed by atoms with Crippen LogP contribution in [-0.2, 0) is 11.3 Å². The Morgan fingerprint density at radius 2 is 2.12 bits per heavy atom. The lowest BCUT2D eigenvalue weighted by molar-refractivity contribution is -0.402. The average Bonchev–Trinajstić information content (AvgIpc) is 3.24. The summed E-state index contributed by atoms with van der Waals surface area (Å²) in [5.74, 6) is -1.92. The predicted molar refractivity (Wildman–Crippen MR) is 92.1 cm³/mol. The zero-order valence-electron chi connectivity index (χ0n) is 13.8. The van der Waals surface area contributed by atoms with Gasteiger partial charge in [0, 0.05) is 6.54 Å². The Labute approximate surface area is 150 Å². The predicted octanol–water partition coefficient (Wildman–Crippen LogP) is 2.75. The van der Waals surface area contributed by atoms with Crippen LogP contribution in [0.25, 0.3) is 10.2 Å². The number of benzene rings is 1. The molecule has 0 unspecified atom stereocenters. The van der Waals surface area contributed by atoms with Crippen LogP contribution >= 0.6 is 11.3 Å². The minimum atomic E-state index is -0.725. The molecule has 26 heavy (non-hydrogen) atoms. The van der Waals surface area contributed by atoms with Crippen molar-refractivity contribution >= 4 is 39.3 Å². The summed E-state index contributed by atoms with van der Waals surface area (Å²) in [4.78, 5) is 38.3. The number of methoxy groups -OCH3 is 1. The smallest absolute Gasteiger partial charge is 0.433 e. The van der Waals surface area contributed by atoms with Gasteiger partial charge in [0.2, 0.25) is 5.76 Å². The van der Waals surface area contributed by atoms with Crippen LogP contribution < -0.4 is 4.80 Å². The Morgan fingerprint density at radius 1 is 1.35 bits per heavy atom. The zero-order chi connectivity index (χ0) is 18.8. The van der Waals surface area contributed by atoms with Crippen LogP contribution in [0.3, 0.4) is 0 Å². The number of hydrogen-bond donors (Lipinski definition) is 0. The Morgan fingerprint density at radius 3 is 2.73 bits per heavy atom. The minimum Gasteiger partial charge on any atom is -0.465 e. The fourth-order valence-electron chi connectivity index (χ4n) is 2.39. The lowest BCUT2D eigenvalue weighted by atomic mass is 10.2. The quantitative estimate of drug-likeness (QED) is 0.393. The molecular formula is C16H13N3O6S. The largest absolute Gasteiger partial charge is 0.465 e. The molecule has 0 spiro atoms. The maximum Gasteiger partial charge on any atom is 0.433 e. The van der Waals surface area contributed by atoms with Crippen molar-refractivity contribution in [2.24, 2.45) is 4.99 Å². The number of thiazole rings is 1. The third-order valence-electron chi connectivity index (χ3n) is 3.60. The highest BCUT2D eigenvalue weighted by Gasteiger charge is 2.17. The third kappa shape index (κ3) is 3.14. The van der Waals surface area contributed by atoms with Crippen molar-refractivity contribution < 1.29 is 23.7 Å². The molecule has 9 nitrogen and oxygen atoms in total. The number of amides is 1. The van der Waals surface area contributed by atoms with E-state index in [1.54, 1.807) is 22.8 Å². The van der Waals surface area contributed by atoms with Crippen molar-refractivity contribution in [1.29, 1.82) is 0 Å². The molecule has 0 aliphatic carbocycles. The van der Waals surface area contributed by atoms with E-state index in [2.05, 4.69) is 4.99 Å². The first-order valence-corrected chi connectivity index (χ1v) is 8.31. The second kappa shape index (κ2) is 6.92. The van der Waals surface area contributed by atoms with Gasteiger partial charge in [-0.25, -0.2) is 4.79 Å². The summed E-state index contributed by atoms with van der Waals surface area (Å²) < 4.78 is 12.1. The topological polar surface area (TPSA) is 117 Å². The molecule has 0 aliphatic rings. The second-order valence-electron chi connectivity index (χ2n) is 5.11. The summed E-state index contributed by atoms with van der Waals surface area (Å²) in [6, 6.07) is 7.36. The summed E-state index contributed by atoms with van der Waals surface area (Å²) in [6.45, 7) is 2.43. The van der Waals surface area contributed by atoms with Crippen LogP contribution in [0.5, 0.6) is 0 Å². The number of carbonyl (C=O) groups excluding carboxylic acids is 2. The van der Waals surface area contributed by atoms with Gasteiger partial charge in [-0.1, -0.05) is 11.3 Å². The second-order valence-corrected chi connectivity index (χ2v) is 6.12. The molecule has 1 amide bonds. The van der Waals surface area contributed by atoms with Crippen molar-refractivity contribution in [3.8, 4) is 0 Å². The summed E-state index contributed by atoms with van der Waals surface area (Å²) >= 11 is 1.22. The van der Waals surface area contributed by atoms with E-state index in [9.17, 15) is 19.7 Å². The van der Waals surface area contributed by atoms with Gasteiger partial charge in [-0.15, -0.1) is 0 Å². The first-order valence-electron chi connectivity index (χ1n) is 7.49. The Bertz CT molecular complexity index is 1090. The molecule has 0 atom stereocenters. The molecule has 0 bridgehead atoms. The lowest BCUT2D eigenvalue weighted by Gasteiger charge is -2.01. The average molecular weight is 375 g/mol. The van der Waals surface area contributed by atoms with Crippen LogP contribution in [0.15, 0.2) is 39.7 Å². The van der Waals surface area contributed by atoms with Crippen molar-refractivity contribution in [2.75, 3.05) is 7.11 Å². The van der Waals surface area contributed by atoms with Crippen LogP contribution in [-0.4, -0.2) is 28.5 Å². The number of esters is 1.